The van der Waals surface area contributed by atoms with Crippen molar-refractivity contribution in [3.8, 4) is 22.8 Å². The first-order chi connectivity index (χ1) is 12.6. The molecule has 0 bridgehead atoms. The van der Waals surface area contributed by atoms with Crippen molar-refractivity contribution >= 4 is 29.2 Å². The van der Waals surface area contributed by atoms with E-state index >= 15 is 0 Å². The Bertz CT molecular complexity index is 965. The fourth-order valence-electron chi connectivity index (χ4n) is 2.46. The molecule has 2 aromatic carbocycles. The Morgan fingerprint density at radius 1 is 1.04 bits per heavy atom. The van der Waals surface area contributed by atoms with E-state index in [1.165, 1.54) is 18.2 Å². The molecule has 0 radical (unpaired) electrons. The van der Waals surface area contributed by atoms with E-state index in [1.54, 1.807) is 18.2 Å². The van der Waals surface area contributed by atoms with Crippen molar-refractivity contribution in [2.24, 2.45) is 0 Å². The molecule has 1 aliphatic rings. The lowest BCUT2D eigenvalue weighted by Crippen LogP contribution is -2.05. The summed E-state index contributed by atoms with van der Waals surface area (Å²) in [5, 5.41) is 4.63. The minimum atomic E-state index is -0.554. The van der Waals surface area contributed by atoms with Gasteiger partial charge in [-0.1, -0.05) is 28.4 Å². The van der Waals surface area contributed by atoms with Gasteiger partial charge in [0, 0.05) is 21.7 Å². The van der Waals surface area contributed by atoms with Crippen LogP contribution >= 0.6 is 23.2 Å². The Hall–Kier alpha value is -2.70. The lowest BCUT2D eigenvalue weighted by atomic mass is 10.1. The van der Waals surface area contributed by atoms with Crippen LogP contribution in [0, 0.1) is 0 Å². The summed E-state index contributed by atoms with van der Waals surface area (Å²) < 4.78 is 21.1. The summed E-state index contributed by atoms with van der Waals surface area (Å²) in [5.74, 6) is 1.30. The first-order valence-corrected chi connectivity index (χ1v) is 8.33. The van der Waals surface area contributed by atoms with Gasteiger partial charge in [0.1, 0.15) is 12.3 Å². The van der Waals surface area contributed by atoms with Crippen molar-refractivity contribution in [1.29, 1.82) is 0 Å². The van der Waals surface area contributed by atoms with E-state index in [0.717, 1.165) is 5.56 Å². The molecule has 0 saturated carbocycles. The molecule has 8 heteroatoms. The number of carbonyl (C=O) groups excluding carboxylic acids is 1. The number of aromatic nitrogens is 1. The van der Waals surface area contributed by atoms with Crippen LogP contribution in [-0.4, -0.2) is 17.9 Å². The van der Waals surface area contributed by atoms with E-state index in [2.05, 4.69) is 5.16 Å². The molecule has 0 unspecified atom stereocenters. The van der Waals surface area contributed by atoms with E-state index < -0.39 is 5.97 Å². The molecule has 0 aliphatic carbocycles. The number of ether oxygens (including phenoxy) is 3. The Morgan fingerprint density at radius 2 is 1.81 bits per heavy atom. The maximum absolute atomic E-state index is 12.1. The molecule has 26 heavy (non-hydrogen) atoms. The van der Waals surface area contributed by atoms with Crippen LogP contribution in [0.25, 0.3) is 11.3 Å². The van der Waals surface area contributed by atoms with Gasteiger partial charge in [0.25, 0.3) is 0 Å². The van der Waals surface area contributed by atoms with Crippen LogP contribution in [0.2, 0.25) is 10.0 Å². The largest absolute Gasteiger partial charge is 0.455 e. The second-order valence-electron chi connectivity index (χ2n) is 5.48. The van der Waals surface area contributed by atoms with Crippen LogP contribution in [0.4, 0.5) is 0 Å². The third-order valence-corrected chi connectivity index (χ3v) is 4.10. The summed E-state index contributed by atoms with van der Waals surface area (Å²) in [6.07, 6.45) is 0. The summed E-state index contributed by atoms with van der Waals surface area (Å²) in [7, 11) is 0. The topological polar surface area (TPSA) is 70.8 Å². The van der Waals surface area contributed by atoms with Crippen molar-refractivity contribution in [3.63, 3.8) is 0 Å². The molecule has 132 valence electrons. The van der Waals surface area contributed by atoms with Crippen molar-refractivity contribution < 1.29 is 23.5 Å². The SMILES string of the molecule is O=C(OCc1cc(-c2ccc3c(c2)OCO3)on1)c1cc(Cl)cc(Cl)c1. The zero-order valence-corrected chi connectivity index (χ0v) is 14.7. The highest BCUT2D eigenvalue weighted by molar-refractivity contribution is 6.35. The van der Waals surface area contributed by atoms with E-state index in [9.17, 15) is 4.79 Å². The van der Waals surface area contributed by atoms with Gasteiger partial charge in [-0.2, -0.15) is 0 Å². The molecule has 1 aromatic heterocycles. The van der Waals surface area contributed by atoms with Crippen LogP contribution in [0.15, 0.2) is 47.0 Å². The Kier molecular flexibility index (Phi) is 4.44. The zero-order valence-electron chi connectivity index (χ0n) is 13.2. The van der Waals surface area contributed by atoms with Crippen LogP contribution in [-0.2, 0) is 11.3 Å². The van der Waals surface area contributed by atoms with Gasteiger partial charge in [-0.15, -0.1) is 0 Å². The second kappa shape index (κ2) is 6.90. The normalized spacial score (nSPS) is 12.2. The molecule has 0 saturated heterocycles. The number of nitrogens with zero attached hydrogens (tertiary/aromatic N) is 1. The highest BCUT2D eigenvalue weighted by Gasteiger charge is 2.17. The molecule has 0 atom stereocenters. The lowest BCUT2D eigenvalue weighted by Gasteiger charge is -2.03. The van der Waals surface area contributed by atoms with Crippen molar-refractivity contribution in [1.82, 2.24) is 5.16 Å². The van der Waals surface area contributed by atoms with Crippen LogP contribution in [0.3, 0.4) is 0 Å². The number of rotatable bonds is 4. The summed E-state index contributed by atoms with van der Waals surface area (Å²) in [5.41, 5.74) is 1.52. The number of hydrogen-bond donors (Lipinski definition) is 0. The molecule has 0 N–H and O–H groups in total. The predicted molar refractivity (Wildman–Crippen MR) is 93.6 cm³/mol. The van der Waals surface area contributed by atoms with Crippen LogP contribution < -0.4 is 9.47 Å². The van der Waals surface area contributed by atoms with Gasteiger partial charge in [-0.3, -0.25) is 0 Å². The third-order valence-electron chi connectivity index (χ3n) is 3.67. The molecular formula is C18H11Cl2NO5. The minimum absolute atomic E-state index is 0.0446. The molecule has 0 fully saturated rings. The number of halogens is 2. The first kappa shape index (κ1) is 16.8. The van der Waals surface area contributed by atoms with Gasteiger partial charge in [-0.25, -0.2) is 4.79 Å². The fourth-order valence-corrected chi connectivity index (χ4v) is 2.99. The average molecular weight is 392 g/mol. The van der Waals surface area contributed by atoms with E-state index in [4.69, 9.17) is 41.9 Å². The third kappa shape index (κ3) is 3.47. The minimum Gasteiger partial charge on any atom is -0.455 e. The molecule has 4 rings (SSSR count). The van der Waals surface area contributed by atoms with E-state index in [0.29, 0.717) is 33.0 Å². The molecule has 6 nitrogen and oxygen atoms in total. The zero-order chi connectivity index (χ0) is 18.1. The van der Waals surface area contributed by atoms with Gasteiger partial charge in [0.05, 0.1) is 5.56 Å². The van der Waals surface area contributed by atoms with E-state index in [1.807, 2.05) is 6.07 Å². The Morgan fingerprint density at radius 3 is 2.62 bits per heavy atom. The highest BCUT2D eigenvalue weighted by Crippen LogP contribution is 2.36. The smallest absolute Gasteiger partial charge is 0.338 e. The Balaban J connectivity index is 1.44. The number of benzene rings is 2. The Labute approximate surface area is 158 Å². The van der Waals surface area contributed by atoms with Gasteiger partial charge in [0.2, 0.25) is 6.79 Å². The maximum atomic E-state index is 12.1. The number of hydrogen-bond acceptors (Lipinski definition) is 6. The monoisotopic (exact) mass is 391 g/mol. The average Bonchev–Trinajstić information content (AvgIpc) is 3.27. The highest BCUT2D eigenvalue weighted by atomic mass is 35.5. The first-order valence-electron chi connectivity index (χ1n) is 7.57. The van der Waals surface area contributed by atoms with Crippen LogP contribution in [0.5, 0.6) is 11.5 Å². The van der Waals surface area contributed by atoms with Crippen LogP contribution in [0.1, 0.15) is 16.1 Å². The molecule has 1 aliphatic heterocycles. The fraction of sp³-hybridized carbons (Fsp3) is 0.111. The van der Waals surface area contributed by atoms with Gasteiger partial charge in [0.15, 0.2) is 17.3 Å². The predicted octanol–water partition coefficient (Wildman–Crippen LogP) is 4.73. The standard InChI is InChI=1S/C18H11Cl2NO5/c19-12-3-11(4-13(20)6-12)18(22)23-8-14-7-16(26-21-14)10-1-2-15-17(5-10)25-9-24-15/h1-7H,8-9H2. The maximum Gasteiger partial charge on any atom is 0.338 e. The van der Waals surface area contributed by atoms with Crippen molar-refractivity contribution in [2.45, 2.75) is 6.61 Å². The summed E-state index contributed by atoms with van der Waals surface area (Å²) in [4.78, 5) is 12.1. The summed E-state index contributed by atoms with van der Waals surface area (Å²) in [6, 6.07) is 11.6. The van der Waals surface area contributed by atoms with Crippen molar-refractivity contribution in [3.05, 3.63) is 63.8 Å². The molecule has 3 aromatic rings. The van der Waals surface area contributed by atoms with Gasteiger partial charge in [-0.05, 0) is 36.4 Å². The van der Waals surface area contributed by atoms with E-state index in [-0.39, 0.29) is 19.0 Å². The van der Waals surface area contributed by atoms with Crippen molar-refractivity contribution in [2.75, 3.05) is 6.79 Å². The summed E-state index contributed by atoms with van der Waals surface area (Å²) >= 11 is 11.8. The quantitative estimate of drug-likeness (QED) is 0.598. The van der Waals surface area contributed by atoms with Gasteiger partial charge >= 0.3 is 5.97 Å². The number of carbonyl (C=O) groups is 1. The van der Waals surface area contributed by atoms with Gasteiger partial charge < -0.3 is 18.7 Å². The summed E-state index contributed by atoms with van der Waals surface area (Å²) in [6.45, 7) is 0.154. The number of esters is 1. The molecule has 0 amide bonds. The molecular weight excluding hydrogens is 381 g/mol. The molecule has 2 heterocycles. The second-order valence-corrected chi connectivity index (χ2v) is 6.36. The lowest BCUT2D eigenvalue weighted by molar-refractivity contribution is 0.0464. The number of fused-ring (bicyclic) bond motifs is 1. The molecule has 0 spiro atoms.